The van der Waals surface area contributed by atoms with Gasteiger partial charge in [0.1, 0.15) is 5.75 Å². The third-order valence-electron chi connectivity index (χ3n) is 6.42. The van der Waals surface area contributed by atoms with Gasteiger partial charge in [-0.1, -0.05) is 45.4 Å². The fraction of sp³-hybridized carbons (Fsp3) is 0.500. The Bertz CT molecular complexity index is 914. The molecule has 0 radical (unpaired) electrons. The van der Waals surface area contributed by atoms with Crippen LogP contribution in [0, 0.1) is 5.92 Å². The molecule has 172 valence electrons. The molecule has 1 aliphatic rings. The van der Waals surface area contributed by atoms with Gasteiger partial charge < -0.3 is 15.0 Å². The number of amides is 2. The van der Waals surface area contributed by atoms with Crippen molar-refractivity contribution in [2.45, 2.75) is 57.9 Å². The summed E-state index contributed by atoms with van der Waals surface area (Å²) in [6.45, 7) is 7.48. The summed E-state index contributed by atoms with van der Waals surface area (Å²) in [4.78, 5) is 32.4. The summed E-state index contributed by atoms with van der Waals surface area (Å²) >= 11 is 0. The molecule has 1 fully saturated rings. The molecule has 1 aliphatic heterocycles. The number of methoxy groups -OCH3 is 1. The Balaban J connectivity index is 1.86. The third kappa shape index (κ3) is 5.29. The van der Waals surface area contributed by atoms with Gasteiger partial charge in [0, 0.05) is 42.9 Å². The molecule has 6 nitrogen and oxygen atoms in total. The molecular weight excluding hydrogens is 402 g/mol. The SMILES string of the molecule is CCCCN1C(=O)CC[C@H](C(=O)NCC(C)(C)c2ccncc2)[C@H]1c1ccccc1OC. The van der Waals surface area contributed by atoms with Gasteiger partial charge in [0.05, 0.1) is 19.1 Å². The topological polar surface area (TPSA) is 71.5 Å². The second kappa shape index (κ2) is 10.6. The van der Waals surface area contributed by atoms with Crippen LogP contribution in [-0.2, 0) is 15.0 Å². The number of likely N-dealkylation sites (tertiary alicyclic amines) is 1. The number of carbonyl (C=O) groups excluding carboxylic acids is 2. The lowest BCUT2D eigenvalue weighted by molar-refractivity contribution is -0.143. The Hall–Kier alpha value is -2.89. The maximum absolute atomic E-state index is 13.5. The average Bonchev–Trinajstić information content (AvgIpc) is 2.82. The highest BCUT2D eigenvalue weighted by atomic mass is 16.5. The molecule has 1 aromatic carbocycles. The Morgan fingerprint density at radius 3 is 2.62 bits per heavy atom. The third-order valence-corrected chi connectivity index (χ3v) is 6.42. The summed E-state index contributed by atoms with van der Waals surface area (Å²) in [6.07, 6.45) is 6.36. The maximum atomic E-state index is 13.5. The van der Waals surface area contributed by atoms with Gasteiger partial charge in [0.15, 0.2) is 0 Å². The van der Waals surface area contributed by atoms with E-state index in [0.29, 0.717) is 31.7 Å². The molecule has 1 N–H and O–H groups in total. The summed E-state index contributed by atoms with van der Waals surface area (Å²) in [5.74, 6) is 0.477. The Morgan fingerprint density at radius 1 is 1.22 bits per heavy atom. The fourth-order valence-corrected chi connectivity index (χ4v) is 4.46. The van der Waals surface area contributed by atoms with Crippen molar-refractivity contribution in [3.05, 3.63) is 59.9 Å². The number of ether oxygens (including phenoxy) is 1. The molecule has 2 amide bonds. The molecule has 1 saturated heterocycles. The molecule has 0 aliphatic carbocycles. The van der Waals surface area contributed by atoms with E-state index in [9.17, 15) is 9.59 Å². The number of nitrogens with one attached hydrogen (secondary N) is 1. The van der Waals surface area contributed by atoms with E-state index in [0.717, 1.165) is 24.0 Å². The number of pyridine rings is 1. The van der Waals surface area contributed by atoms with Crippen molar-refractivity contribution in [3.8, 4) is 5.75 Å². The second-order valence-corrected chi connectivity index (χ2v) is 9.11. The first-order valence-electron chi connectivity index (χ1n) is 11.5. The number of unbranched alkanes of at least 4 members (excludes halogenated alkanes) is 1. The lowest BCUT2D eigenvalue weighted by atomic mass is 9.82. The highest BCUT2D eigenvalue weighted by Crippen LogP contribution is 2.41. The van der Waals surface area contributed by atoms with Crippen molar-refractivity contribution in [3.63, 3.8) is 0 Å². The first-order chi connectivity index (χ1) is 15.4. The van der Waals surface area contributed by atoms with E-state index in [2.05, 4.69) is 31.1 Å². The second-order valence-electron chi connectivity index (χ2n) is 9.11. The van der Waals surface area contributed by atoms with E-state index >= 15 is 0 Å². The van der Waals surface area contributed by atoms with Crippen LogP contribution < -0.4 is 10.1 Å². The summed E-state index contributed by atoms with van der Waals surface area (Å²) in [5.41, 5.74) is 1.79. The van der Waals surface area contributed by atoms with Crippen molar-refractivity contribution >= 4 is 11.8 Å². The number of aromatic nitrogens is 1. The zero-order valence-corrected chi connectivity index (χ0v) is 19.6. The minimum absolute atomic E-state index is 0.0166. The van der Waals surface area contributed by atoms with Crippen LogP contribution in [0.1, 0.15) is 63.6 Å². The van der Waals surface area contributed by atoms with Crippen molar-refractivity contribution in [1.82, 2.24) is 15.2 Å². The van der Waals surface area contributed by atoms with Crippen LogP contribution in [0.2, 0.25) is 0 Å². The van der Waals surface area contributed by atoms with Crippen LogP contribution in [0.5, 0.6) is 5.75 Å². The number of rotatable bonds is 9. The number of hydrogen-bond donors (Lipinski definition) is 1. The van der Waals surface area contributed by atoms with Gasteiger partial charge in [0.2, 0.25) is 11.8 Å². The molecule has 0 spiro atoms. The van der Waals surface area contributed by atoms with Gasteiger partial charge in [-0.2, -0.15) is 0 Å². The van der Waals surface area contributed by atoms with E-state index in [1.807, 2.05) is 41.3 Å². The molecular formula is C26H35N3O3. The van der Waals surface area contributed by atoms with Gasteiger partial charge in [-0.3, -0.25) is 14.6 Å². The molecule has 3 rings (SSSR count). The van der Waals surface area contributed by atoms with E-state index in [4.69, 9.17) is 4.74 Å². The first-order valence-corrected chi connectivity index (χ1v) is 11.5. The fourth-order valence-electron chi connectivity index (χ4n) is 4.46. The molecule has 0 bridgehead atoms. The zero-order valence-electron chi connectivity index (χ0n) is 19.6. The van der Waals surface area contributed by atoms with Crippen molar-refractivity contribution in [2.24, 2.45) is 5.92 Å². The Kier molecular flexibility index (Phi) is 7.89. The molecule has 0 unspecified atom stereocenters. The van der Waals surface area contributed by atoms with E-state index < -0.39 is 0 Å². The summed E-state index contributed by atoms with van der Waals surface area (Å²) < 4.78 is 5.61. The van der Waals surface area contributed by atoms with Crippen LogP contribution in [-0.4, -0.2) is 41.9 Å². The minimum Gasteiger partial charge on any atom is -0.496 e. The molecule has 2 aromatic rings. The van der Waals surface area contributed by atoms with Crippen molar-refractivity contribution in [2.75, 3.05) is 20.2 Å². The molecule has 32 heavy (non-hydrogen) atoms. The normalized spacial score (nSPS) is 19.0. The van der Waals surface area contributed by atoms with Gasteiger partial charge in [-0.15, -0.1) is 0 Å². The van der Waals surface area contributed by atoms with Gasteiger partial charge in [0.25, 0.3) is 0 Å². The van der Waals surface area contributed by atoms with Gasteiger partial charge in [-0.05, 0) is 36.6 Å². The maximum Gasteiger partial charge on any atom is 0.225 e. The predicted molar refractivity (Wildman–Crippen MR) is 125 cm³/mol. The molecule has 6 heteroatoms. The average molecular weight is 438 g/mol. The molecule has 2 atom stereocenters. The highest BCUT2D eigenvalue weighted by molar-refractivity contribution is 5.85. The number of benzene rings is 1. The number of carbonyl (C=O) groups is 2. The zero-order chi connectivity index (χ0) is 23.1. The minimum atomic E-state index is -0.331. The lowest BCUT2D eigenvalue weighted by Crippen LogP contribution is -2.49. The first kappa shape index (κ1) is 23.8. The molecule has 1 aromatic heterocycles. The lowest BCUT2D eigenvalue weighted by Gasteiger charge is -2.41. The van der Waals surface area contributed by atoms with Crippen molar-refractivity contribution < 1.29 is 14.3 Å². The predicted octanol–water partition coefficient (Wildman–Crippen LogP) is 4.26. The van der Waals surface area contributed by atoms with Crippen LogP contribution in [0.15, 0.2) is 48.8 Å². The highest BCUT2D eigenvalue weighted by Gasteiger charge is 2.41. The quantitative estimate of drug-likeness (QED) is 0.636. The van der Waals surface area contributed by atoms with Gasteiger partial charge in [-0.25, -0.2) is 0 Å². The summed E-state index contributed by atoms with van der Waals surface area (Å²) in [6, 6.07) is 11.4. The van der Waals surface area contributed by atoms with Gasteiger partial charge >= 0.3 is 0 Å². The summed E-state index contributed by atoms with van der Waals surface area (Å²) in [7, 11) is 1.63. The van der Waals surface area contributed by atoms with Crippen molar-refractivity contribution in [1.29, 1.82) is 0 Å². The standard InChI is InChI=1S/C26H35N3O3/c1-5-6-17-29-23(30)12-11-21(24(29)20-9-7-8-10-22(20)32-4)25(31)28-18-26(2,3)19-13-15-27-16-14-19/h7-10,13-16,21,24H,5-6,11-12,17-18H2,1-4H3,(H,28,31)/t21-,24+/m0/s1. The number of para-hydroxylation sites is 1. The summed E-state index contributed by atoms with van der Waals surface area (Å²) in [5, 5.41) is 3.18. The Morgan fingerprint density at radius 2 is 1.94 bits per heavy atom. The van der Waals surface area contributed by atoms with Crippen LogP contribution in [0.25, 0.3) is 0 Å². The van der Waals surface area contributed by atoms with Crippen LogP contribution in [0.3, 0.4) is 0 Å². The number of nitrogens with zero attached hydrogens (tertiary/aromatic N) is 2. The largest absolute Gasteiger partial charge is 0.496 e. The van der Waals surface area contributed by atoms with E-state index in [1.54, 1.807) is 19.5 Å². The molecule has 0 saturated carbocycles. The monoisotopic (exact) mass is 437 g/mol. The van der Waals surface area contributed by atoms with Crippen LogP contribution >= 0.6 is 0 Å². The van der Waals surface area contributed by atoms with Crippen LogP contribution in [0.4, 0.5) is 0 Å². The van der Waals surface area contributed by atoms with E-state index in [-0.39, 0.29) is 29.2 Å². The smallest absolute Gasteiger partial charge is 0.225 e. The molecule has 2 heterocycles. The number of hydrogen-bond acceptors (Lipinski definition) is 4. The van der Waals surface area contributed by atoms with E-state index in [1.165, 1.54) is 0 Å². The number of piperidine rings is 1. The Labute approximate surface area is 191 Å².